The van der Waals surface area contributed by atoms with E-state index in [1.54, 1.807) is 0 Å². The summed E-state index contributed by atoms with van der Waals surface area (Å²) in [5.41, 5.74) is 0. The Morgan fingerprint density at radius 1 is 1.55 bits per heavy atom. The van der Waals surface area contributed by atoms with E-state index in [1.165, 1.54) is 25.3 Å². The average Bonchev–Trinajstić information content (AvgIpc) is 2.38. The fourth-order valence-corrected chi connectivity index (χ4v) is 1.91. The maximum atomic E-state index is 12.9. The standard InChI is InChI=1S/C13H17BrFNO4/c1-19-7-10(17)4-5-16-13(18)8-20-12-3-2-9(15)6-11(12)14/h2-3,6,10,17H,4-5,7-8H2,1H3,(H,16,18). The molecule has 0 heterocycles. The van der Waals surface area contributed by atoms with Crippen LogP contribution in [0.2, 0.25) is 0 Å². The minimum Gasteiger partial charge on any atom is -0.483 e. The number of aliphatic hydroxyl groups excluding tert-OH is 1. The number of hydrogen-bond acceptors (Lipinski definition) is 4. The Balaban J connectivity index is 2.26. The molecule has 0 aliphatic heterocycles. The number of aliphatic hydroxyl groups is 1. The average molecular weight is 350 g/mol. The molecule has 0 spiro atoms. The van der Waals surface area contributed by atoms with Crippen LogP contribution in [0.15, 0.2) is 22.7 Å². The highest BCUT2D eigenvalue weighted by Crippen LogP contribution is 2.25. The highest BCUT2D eigenvalue weighted by Gasteiger charge is 2.08. The summed E-state index contributed by atoms with van der Waals surface area (Å²) in [7, 11) is 1.50. The molecule has 1 rings (SSSR count). The van der Waals surface area contributed by atoms with Crippen molar-refractivity contribution in [1.29, 1.82) is 0 Å². The minimum absolute atomic E-state index is 0.176. The van der Waals surface area contributed by atoms with E-state index >= 15 is 0 Å². The molecule has 5 nitrogen and oxygen atoms in total. The number of nitrogens with one attached hydrogen (secondary N) is 1. The molecule has 1 aromatic rings. The predicted molar refractivity (Wildman–Crippen MR) is 75.1 cm³/mol. The second-order valence-corrected chi connectivity index (χ2v) is 4.97. The number of ether oxygens (including phenoxy) is 2. The van der Waals surface area contributed by atoms with E-state index < -0.39 is 6.10 Å². The van der Waals surface area contributed by atoms with Crippen molar-refractivity contribution in [1.82, 2.24) is 5.32 Å². The lowest BCUT2D eigenvalue weighted by Crippen LogP contribution is -2.32. The van der Waals surface area contributed by atoms with Crippen molar-refractivity contribution in [2.75, 3.05) is 26.9 Å². The van der Waals surface area contributed by atoms with Gasteiger partial charge in [-0.2, -0.15) is 0 Å². The maximum absolute atomic E-state index is 12.9. The molecule has 0 aliphatic rings. The van der Waals surface area contributed by atoms with Crippen LogP contribution in [0.3, 0.4) is 0 Å². The van der Waals surface area contributed by atoms with Crippen molar-refractivity contribution >= 4 is 21.8 Å². The topological polar surface area (TPSA) is 67.8 Å². The van der Waals surface area contributed by atoms with Crippen molar-refractivity contribution in [3.63, 3.8) is 0 Å². The number of halogens is 2. The van der Waals surface area contributed by atoms with Gasteiger partial charge in [0.05, 0.1) is 17.2 Å². The Hall–Kier alpha value is -1.18. The number of amides is 1. The third kappa shape index (κ3) is 6.31. The molecule has 112 valence electrons. The van der Waals surface area contributed by atoms with E-state index in [0.29, 0.717) is 23.2 Å². The van der Waals surface area contributed by atoms with Gasteiger partial charge >= 0.3 is 0 Å². The van der Waals surface area contributed by atoms with E-state index in [0.717, 1.165) is 0 Å². The van der Waals surface area contributed by atoms with E-state index in [4.69, 9.17) is 9.47 Å². The zero-order valence-electron chi connectivity index (χ0n) is 11.1. The Labute approximate surface area is 125 Å². The van der Waals surface area contributed by atoms with Crippen LogP contribution in [0.5, 0.6) is 5.75 Å². The van der Waals surface area contributed by atoms with Crippen molar-refractivity contribution in [2.45, 2.75) is 12.5 Å². The highest BCUT2D eigenvalue weighted by atomic mass is 79.9. The third-order valence-electron chi connectivity index (χ3n) is 2.41. The number of carbonyl (C=O) groups excluding carboxylic acids is 1. The fourth-order valence-electron chi connectivity index (χ4n) is 1.44. The first kappa shape index (κ1) is 16.9. The normalized spacial score (nSPS) is 12.0. The smallest absolute Gasteiger partial charge is 0.257 e. The Kier molecular flexibility index (Phi) is 7.50. The predicted octanol–water partition coefficient (Wildman–Crippen LogP) is 1.48. The van der Waals surface area contributed by atoms with Crippen LogP contribution in [0.1, 0.15) is 6.42 Å². The second kappa shape index (κ2) is 8.89. The minimum atomic E-state index is -0.604. The molecule has 0 fully saturated rings. The molecule has 0 aliphatic carbocycles. The molecule has 0 bridgehead atoms. The van der Waals surface area contributed by atoms with E-state index in [2.05, 4.69) is 21.2 Å². The zero-order chi connectivity index (χ0) is 15.0. The Morgan fingerprint density at radius 3 is 2.95 bits per heavy atom. The first-order valence-electron chi connectivity index (χ1n) is 6.04. The number of hydrogen-bond donors (Lipinski definition) is 2. The van der Waals surface area contributed by atoms with Gasteiger partial charge in [-0.15, -0.1) is 0 Å². The molecular formula is C13H17BrFNO4. The van der Waals surface area contributed by atoms with Crippen LogP contribution >= 0.6 is 15.9 Å². The molecule has 1 atom stereocenters. The monoisotopic (exact) mass is 349 g/mol. The van der Waals surface area contributed by atoms with Gasteiger partial charge in [0, 0.05) is 13.7 Å². The van der Waals surface area contributed by atoms with Gasteiger partial charge in [-0.1, -0.05) is 0 Å². The van der Waals surface area contributed by atoms with Crippen LogP contribution in [0, 0.1) is 5.82 Å². The molecule has 0 saturated heterocycles. The maximum Gasteiger partial charge on any atom is 0.257 e. The summed E-state index contributed by atoms with van der Waals surface area (Å²) in [5.74, 6) is -0.312. The van der Waals surface area contributed by atoms with E-state index in [9.17, 15) is 14.3 Å². The van der Waals surface area contributed by atoms with E-state index in [1.807, 2.05) is 0 Å². The van der Waals surface area contributed by atoms with E-state index in [-0.39, 0.29) is 24.9 Å². The largest absolute Gasteiger partial charge is 0.483 e. The summed E-state index contributed by atoms with van der Waals surface area (Å²) in [4.78, 5) is 11.5. The molecule has 1 unspecified atom stereocenters. The second-order valence-electron chi connectivity index (χ2n) is 4.11. The van der Waals surface area contributed by atoms with Crippen molar-refractivity contribution < 1.29 is 23.8 Å². The first-order chi connectivity index (χ1) is 9.52. The number of rotatable bonds is 8. The van der Waals surface area contributed by atoms with Gasteiger partial charge in [-0.05, 0) is 40.5 Å². The quantitative estimate of drug-likeness (QED) is 0.745. The summed E-state index contributed by atoms with van der Waals surface area (Å²) in [6.07, 6.45) is -0.202. The number of methoxy groups -OCH3 is 1. The highest BCUT2D eigenvalue weighted by molar-refractivity contribution is 9.10. The number of benzene rings is 1. The first-order valence-corrected chi connectivity index (χ1v) is 6.83. The van der Waals surface area contributed by atoms with Crippen LogP contribution < -0.4 is 10.1 Å². The van der Waals surface area contributed by atoms with Crippen LogP contribution in [-0.4, -0.2) is 44.0 Å². The molecule has 1 aromatic carbocycles. The van der Waals surface area contributed by atoms with Gasteiger partial charge in [0.1, 0.15) is 11.6 Å². The molecule has 0 saturated carbocycles. The fraction of sp³-hybridized carbons (Fsp3) is 0.462. The lowest BCUT2D eigenvalue weighted by atomic mass is 10.2. The Bertz CT molecular complexity index is 444. The van der Waals surface area contributed by atoms with Crippen molar-refractivity contribution in [2.24, 2.45) is 0 Å². The molecule has 20 heavy (non-hydrogen) atoms. The summed E-state index contributed by atoms with van der Waals surface area (Å²) in [5, 5.41) is 12.0. The van der Waals surface area contributed by atoms with Crippen LogP contribution in [0.4, 0.5) is 4.39 Å². The summed E-state index contributed by atoms with van der Waals surface area (Å²) < 4.78 is 23.3. The molecule has 0 aromatic heterocycles. The SMILES string of the molecule is COCC(O)CCNC(=O)COc1ccc(F)cc1Br. The van der Waals surface area contributed by atoms with Crippen LogP contribution in [-0.2, 0) is 9.53 Å². The lowest BCUT2D eigenvalue weighted by Gasteiger charge is -2.11. The van der Waals surface area contributed by atoms with Gasteiger partial charge in [0.25, 0.3) is 5.91 Å². The Morgan fingerprint density at radius 2 is 2.30 bits per heavy atom. The molecule has 2 N–H and O–H groups in total. The number of carbonyl (C=O) groups is 1. The zero-order valence-corrected chi connectivity index (χ0v) is 12.7. The summed E-state index contributed by atoms with van der Waals surface area (Å²) >= 11 is 3.14. The van der Waals surface area contributed by atoms with Gasteiger partial charge < -0.3 is 19.9 Å². The molecule has 1 amide bonds. The van der Waals surface area contributed by atoms with Gasteiger partial charge in [0.2, 0.25) is 0 Å². The molecule has 7 heteroatoms. The molecular weight excluding hydrogens is 333 g/mol. The van der Waals surface area contributed by atoms with Gasteiger partial charge in [0.15, 0.2) is 6.61 Å². The summed E-state index contributed by atoms with van der Waals surface area (Å²) in [6, 6.07) is 3.95. The van der Waals surface area contributed by atoms with Crippen molar-refractivity contribution in [3.8, 4) is 5.75 Å². The van der Waals surface area contributed by atoms with Crippen molar-refractivity contribution in [3.05, 3.63) is 28.5 Å². The van der Waals surface area contributed by atoms with Crippen LogP contribution in [0.25, 0.3) is 0 Å². The molecule has 0 radical (unpaired) electrons. The van der Waals surface area contributed by atoms with Gasteiger partial charge in [-0.25, -0.2) is 4.39 Å². The third-order valence-corrected chi connectivity index (χ3v) is 3.03. The lowest BCUT2D eigenvalue weighted by molar-refractivity contribution is -0.123. The van der Waals surface area contributed by atoms with Gasteiger partial charge in [-0.3, -0.25) is 4.79 Å². The summed E-state index contributed by atoms with van der Waals surface area (Å²) in [6.45, 7) is 0.386.